The fourth-order valence-electron chi connectivity index (χ4n) is 2.04. The van der Waals surface area contributed by atoms with Crippen LogP contribution in [0.15, 0.2) is 36.4 Å². The van der Waals surface area contributed by atoms with Crippen LogP contribution in [0, 0.1) is 6.92 Å². The number of nitrogens with two attached hydrogens (primary N) is 1. The van der Waals surface area contributed by atoms with E-state index in [0.29, 0.717) is 6.67 Å². The minimum atomic E-state index is 0.686. The SMILES string of the molecule is Cc1ccc2cc(CN(C)CNN)ccc2c1. The smallest absolute Gasteiger partial charge is 0.0612 e. The molecule has 0 aromatic heterocycles. The summed E-state index contributed by atoms with van der Waals surface area (Å²) in [5.41, 5.74) is 5.26. The number of nitrogens with one attached hydrogen (secondary N) is 1. The van der Waals surface area contributed by atoms with Crippen molar-refractivity contribution in [2.45, 2.75) is 13.5 Å². The van der Waals surface area contributed by atoms with Crippen molar-refractivity contribution in [3.8, 4) is 0 Å². The Morgan fingerprint density at radius 3 is 2.59 bits per heavy atom. The molecule has 0 heterocycles. The lowest BCUT2D eigenvalue weighted by Crippen LogP contribution is -2.34. The monoisotopic (exact) mass is 229 g/mol. The number of fused-ring (bicyclic) bond motifs is 1. The van der Waals surface area contributed by atoms with Gasteiger partial charge in [-0.25, -0.2) is 5.43 Å². The summed E-state index contributed by atoms with van der Waals surface area (Å²) in [5, 5.41) is 2.59. The third-order valence-electron chi connectivity index (χ3n) is 2.87. The van der Waals surface area contributed by atoms with E-state index in [4.69, 9.17) is 5.84 Å². The van der Waals surface area contributed by atoms with Gasteiger partial charge in [-0.15, -0.1) is 0 Å². The molecule has 0 spiro atoms. The van der Waals surface area contributed by atoms with Crippen molar-refractivity contribution in [1.82, 2.24) is 10.3 Å². The van der Waals surface area contributed by atoms with Crippen LogP contribution in [0.5, 0.6) is 0 Å². The van der Waals surface area contributed by atoms with Crippen LogP contribution < -0.4 is 11.3 Å². The third-order valence-corrected chi connectivity index (χ3v) is 2.87. The quantitative estimate of drug-likeness (QED) is 0.478. The molecule has 0 unspecified atom stereocenters. The first-order chi connectivity index (χ1) is 8.19. The molecule has 0 radical (unpaired) electrons. The third kappa shape index (κ3) is 3.03. The highest BCUT2D eigenvalue weighted by Gasteiger charge is 2.00. The van der Waals surface area contributed by atoms with E-state index < -0.39 is 0 Å². The Labute approximate surface area is 102 Å². The molecule has 90 valence electrons. The van der Waals surface area contributed by atoms with Crippen molar-refractivity contribution < 1.29 is 0 Å². The minimum Gasteiger partial charge on any atom is -0.288 e. The van der Waals surface area contributed by atoms with Crippen LogP contribution in [-0.2, 0) is 6.54 Å². The van der Waals surface area contributed by atoms with E-state index in [9.17, 15) is 0 Å². The van der Waals surface area contributed by atoms with Gasteiger partial charge in [0, 0.05) is 6.54 Å². The molecule has 0 aliphatic rings. The number of hydrogen-bond acceptors (Lipinski definition) is 3. The molecule has 2 aromatic carbocycles. The normalized spacial score (nSPS) is 11.3. The predicted molar refractivity (Wildman–Crippen MR) is 72.3 cm³/mol. The molecule has 0 aliphatic heterocycles. The van der Waals surface area contributed by atoms with Gasteiger partial charge in [0.15, 0.2) is 0 Å². The zero-order chi connectivity index (χ0) is 12.3. The van der Waals surface area contributed by atoms with Crippen LogP contribution in [0.2, 0.25) is 0 Å². The molecule has 0 aliphatic carbocycles. The molecule has 0 saturated carbocycles. The topological polar surface area (TPSA) is 41.3 Å². The minimum absolute atomic E-state index is 0.686. The number of benzene rings is 2. The fraction of sp³-hybridized carbons (Fsp3) is 0.286. The summed E-state index contributed by atoms with van der Waals surface area (Å²) in [6.07, 6.45) is 0. The fourth-order valence-corrected chi connectivity index (χ4v) is 2.04. The summed E-state index contributed by atoms with van der Waals surface area (Å²) in [5.74, 6) is 5.30. The standard InChI is InChI=1S/C14H19N3/c1-11-3-5-14-8-12(4-6-13(14)7-11)9-17(2)10-16-15/h3-8,16H,9-10,15H2,1-2H3. The summed E-state index contributed by atoms with van der Waals surface area (Å²) in [6, 6.07) is 13.1. The van der Waals surface area contributed by atoms with Crippen LogP contribution in [0.1, 0.15) is 11.1 Å². The lowest BCUT2D eigenvalue weighted by molar-refractivity contribution is 0.302. The molecule has 0 atom stereocenters. The molecule has 0 saturated heterocycles. The zero-order valence-corrected chi connectivity index (χ0v) is 10.4. The summed E-state index contributed by atoms with van der Waals surface area (Å²) < 4.78 is 0. The maximum absolute atomic E-state index is 5.30. The van der Waals surface area contributed by atoms with Crippen molar-refractivity contribution in [1.29, 1.82) is 0 Å². The Morgan fingerprint density at radius 2 is 1.82 bits per heavy atom. The number of hydrazine groups is 1. The van der Waals surface area contributed by atoms with Crippen molar-refractivity contribution in [3.05, 3.63) is 47.5 Å². The molecule has 3 N–H and O–H groups in total. The highest BCUT2D eigenvalue weighted by molar-refractivity contribution is 5.83. The maximum Gasteiger partial charge on any atom is 0.0612 e. The van der Waals surface area contributed by atoms with E-state index >= 15 is 0 Å². The van der Waals surface area contributed by atoms with Gasteiger partial charge in [0.25, 0.3) is 0 Å². The molecule has 0 amide bonds. The molecule has 2 aromatic rings. The Kier molecular flexibility index (Phi) is 3.74. The highest BCUT2D eigenvalue weighted by Crippen LogP contribution is 2.18. The summed E-state index contributed by atoms with van der Waals surface area (Å²) in [6.45, 7) is 3.70. The van der Waals surface area contributed by atoms with E-state index in [1.807, 2.05) is 7.05 Å². The summed E-state index contributed by atoms with van der Waals surface area (Å²) in [4.78, 5) is 2.13. The van der Waals surface area contributed by atoms with Gasteiger partial charge in [-0.3, -0.25) is 10.7 Å². The molecule has 2 rings (SSSR count). The van der Waals surface area contributed by atoms with Gasteiger partial charge < -0.3 is 0 Å². The highest BCUT2D eigenvalue weighted by atomic mass is 15.3. The van der Waals surface area contributed by atoms with Crippen LogP contribution in [0.4, 0.5) is 0 Å². The van der Waals surface area contributed by atoms with Crippen molar-refractivity contribution >= 4 is 10.8 Å². The van der Waals surface area contributed by atoms with Crippen LogP contribution >= 0.6 is 0 Å². The second-order valence-electron chi connectivity index (χ2n) is 4.56. The van der Waals surface area contributed by atoms with Gasteiger partial charge in [0.1, 0.15) is 0 Å². The van der Waals surface area contributed by atoms with Crippen LogP contribution in [0.3, 0.4) is 0 Å². The van der Waals surface area contributed by atoms with Gasteiger partial charge in [-0.1, -0.05) is 35.9 Å². The lowest BCUT2D eigenvalue weighted by Gasteiger charge is -2.16. The van der Waals surface area contributed by atoms with E-state index in [1.165, 1.54) is 21.9 Å². The summed E-state index contributed by atoms with van der Waals surface area (Å²) in [7, 11) is 2.04. The first-order valence-corrected chi connectivity index (χ1v) is 5.80. The van der Waals surface area contributed by atoms with Gasteiger partial charge in [-0.2, -0.15) is 0 Å². The van der Waals surface area contributed by atoms with Crippen molar-refractivity contribution in [2.24, 2.45) is 5.84 Å². The second-order valence-corrected chi connectivity index (χ2v) is 4.56. The molecule has 17 heavy (non-hydrogen) atoms. The van der Waals surface area contributed by atoms with Crippen molar-refractivity contribution in [3.63, 3.8) is 0 Å². The predicted octanol–water partition coefficient (Wildman–Crippen LogP) is 2.00. The average Bonchev–Trinajstić information content (AvgIpc) is 2.29. The Hall–Kier alpha value is -1.42. The molecule has 3 heteroatoms. The zero-order valence-electron chi connectivity index (χ0n) is 10.4. The van der Waals surface area contributed by atoms with E-state index in [1.54, 1.807) is 0 Å². The van der Waals surface area contributed by atoms with Crippen molar-refractivity contribution in [2.75, 3.05) is 13.7 Å². The largest absolute Gasteiger partial charge is 0.288 e. The molecule has 0 fully saturated rings. The average molecular weight is 229 g/mol. The second kappa shape index (κ2) is 5.27. The number of hydrogen-bond donors (Lipinski definition) is 2. The first-order valence-electron chi connectivity index (χ1n) is 5.80. The van der Waals surface area contributed by atoms with E-state index in [2.05, 4.69) is 53.6 Å². The Balaban J connectivity index is 2.23. The van der Waals surface area contributed by atoms with Gasteiger partial charge in [-0.05, 0) is 36.4 Å². The van der Waals surface area contributed by atoms with Crippen LogP contribution in [-0.4, -0.2) is 18.6 Å². The Bertz CT molecular complexity index is 508. The lowest BCUT2D eigenvalue weighted by atomic mass is 10.0. The molecule has 0 bridgehead atoms. The number of nitrogens with zero attached hydrogens (tertiary/aromatic N) is 1. The van der Waals surface area contributed by atoms with Crippen LogP contribution in [0.25, 0.3) is 10.8 Å². The van der Waals surface area contributed by atoms with E-state index in [0.717, 1.165) is 6.54 Å². The maximum atomic E-state index is 5.30. The Morgan fingerprint density at radius 1 is 1.12 bits per heavy atom. The van der Waals surface area contributed by atoms with Gasteiger partial charge in [0.2, 0.25) is 0 Å². The van der Waals surface area contributed by atoms with Gasteiger partial charge in [0.05, 0.1) is 6.67 Å². The van der Waals surface area contributed by atoms with E-state index in [-0.39, 0.29) is 0 Å². The van der Waals surface area contributed by atoms with Gasteiger partial charge >= 0.3 is 0 Å². The summed E-state index contributed by atoms with van der Waals surface area (Å²) >= 11 is 0. The number of rotatable bonds is 4. The molecular weight excluding hydrogens is 210 g/mol. The molecule has 3 nitrogen and oxygen atoms in total. The first kappa shape index (κ1) is 12.0. The number of aryl methyl sites for hydroxylation is 1. The molecular formula is C14H19N3.